The minimum atomic E-state index is -0.182. The molecule has 0 fully saturated rings. The molecule has 2 amide bonds. The van der Waals surface area contributed by atoms with Crippen molar-refractivity contribution >= 4 is 17.5 Å². The molecule has 29 heavy (non-hydrogen) atoms. The fourth-order valence-corrected chi connectivity index (χ4v) is 3.20. The summed E-state index contributed by atoms with van der Waals surface area (Å²) in [5.74, 6) is 0.467. The standard InChI is InChI=1S/C22H22N4O3/c27-21-9-6-16-14-19(7-8-20(16)24-21)29-15-22(28)23-12-10-17-11-13-26(25-17)18-4-2-1-3-5-18/h1-5,7-8,11,13-14H,6,9-10,12,15H2,(H,23,28)(H,24,27). The summed E-state index contributed by atoms with van der Waals surface area (Å²) in [4.78, 5) is 23.4. The van der Waals surface area contributed by atoms with Gasteiger partial charge < -0.3 is 15.4 Å². The van der Waals surface area contributed by atoms with Gasteiger partial charge in [-0.3, -0.25) is 9.59 Å². The first-order chi connectivity index (χ1) is 14.2. The van der Waals surface area contributed by atoms with Crippen LogP contribution in [0.2, 0.25) is 0 Å². The number of fused-ring (bicyclic) bond motifs is 1. The molecule has 0 aliphatic carbocycles. The highest BCUT2D eigenvalue weighted by Crippen LogP contribution is 2.26. The Labute approximate surface area is 168 Å². The third-order valence-electron chi connectivity index (χ3n) is 4.71. The van der Waals surface area contributed by atoms with Gasteiger partial charge in [-0.1, -0.05) is 18.2 Å². The second kappa shape index (κ2) is 8.60. The van der Waals surface area contributed by atoms with Crippen LogP contribution in [0, 0.1) is 0 Å². The van der Waals surface area contributed by atoms with E-state index in [2.05, 4.69) is 15.7 Å². The summed E-state index contributed by atoms with van der Waals surface area (Å²) in [5.41, 5.74) is 3.75. The minimum Gasteiger partial charge on any atom is -0.484 e. The molecule has 1 aromatic heterocycles. The summed E-state index contributed by atoms with van der Waals surface area (Å²) in [6.45, 7) is 0.438. The lowest BCUT2D eigenvalue weighted by Gasteiger charge is -2.17. The molecule has 148 valence electrons. The number of carbonyl (C=O) groups is 2. The van der Waals surface area contributed by atoms with Crippen LogP contribution in [0.3, 0.4) is 0 Å². The Morgan fingerprint density at radius 3 is 2.86 bits per heavy atom. The molecule has 1 aliphatic rings. The maximum Gasteiger partial charge on any atom is 0.257 e. The Hall–Kier alpha value is -3.61. The number of ether oxygens (including phenoxy) is 1. The number of nitrogens with one attached hydrogen (secondary N) is 2. The first-order valence-electron chi connectivity index (χ1n) is 9.59. The zero-order chi connectivity index (χ0) is 20.1. The van der Waals surface area contributed by atoms with Crippen LogP contribution < -0.4 is 15.4 Å². The number of benzene rings is 2. The molecule has 2 N–H and O–H groups in total. The fourth-order valence-electron chi connectivity index (χ4n) is 3.20. The Bertz CT molecular complexity index is 1010. The smallest absolute Gasteiger partial charge is 0.257 e. The van der Waals surface area contributed by atoms with Crippen molar-refractivity contribution in [2.45, 2.75) is 19.3 Å². The van der Waals surface area contributed by atoms with E-state index < -0.39 is 0 Å². The van der Waals surface area contributed by atoms with Crippen molar-refractivity contribution in [2.24, 2.45) is 0 Å². The number of nitrogens with zero attached hydrogens (tertiary/aromatic N) is 2. The number of carbonyl (C=O) groups excluding carboxylic acids is 2. The van der Waals surface area contributed by atoms with Gasteiger partial charge in [-0.2, -0.15) is 5.10 Å². The number of amides is 2. The summed E-state index contributed by atoms with van der Waals surface area (Å²) in [5, 5.41) is 10.2. The molecule has 1 aliphatic heterocycles. The average molecular weight is 390 g/mol. The molecule has 7 nitrogen and oxygen atoms in total. The van der Waals surface area contributed by atoms with Crippen LogP contribution in [0.1, 0.15) is 17.7 Å². The molecule has 0 spiro atoms. The zero-order valence-corrected chi connectivity index (χ0v) is 15.9. The van der Waals surface area contributed by atoms with Crippen molar-refractivity contribution in [3.63, 3.8) is 0 Å². The van der Waals surface area contributed by atoms with Gasteiger partial charge in [-0.05, 0) is 48.4 Å². The number of para-hydroxylation sites is 1. The van der Waals surface area contributed by atoms with Gasteiger partial charge >= 0.3 is 0 Å². The molecular weight excluding hydrogens is 368 g/mol. The zero-order valence-electron chi connectivity index (χ0n) is 15.9. The van der Waals surface area contributed by atoms with E-state index in [0.717, 1.165) is 22.6 Å². The summed E-state index contributed by atoms with van der Waals surface area (Å²) in [6.07, 6.45) is 3.70. The molecule has 0 saturated heterocycles. The number of rotatable bonds is 7. The topological polar surface area (TPSA) is 85.3 Å². The predicted molar refractivity (Wildman–Crippen MR) is 109 cm³/mol. The highest BCUT2D eigenvalue weighted by Gasteiger charge is 2.15. The summed E-state index contributed by atoms with van der Waals surface area (Å²) in [7, 11) is 0. The molecule has 0 bridgehead atoms. The summed E-state index contributed by atoms with van der Waals surface area (Å²) < 4.78 is 7.40. The van der Waals surface area contributed by atoms with Crippen LogP contribution in [-0.4, -0.2) is 34.7 Å². The average Bonchev–Trinajstić information content (AvgIpc) is 3.22. The first-order valence-corrected chi connectivity index (χ1v) is 9.59. The monoisotopic (exact) mass is 390 g/mol. The predicted octanol–water partition coefficient (Wildman–Crippen LogP) is 2.49. The molecule has 7 heteroatoms. The van der Waals surface area contributed by atoms with Crippen molar-refractivity contribution < 1.29 is 14.3 Å². The van der Waals surface area contributed by atoms with Crippen molar-refractivity contribution in [1.29, 1.82) is 0 Å². The lowest BCUT2D eigenvalue weighted by Crippen LogP contribution is -2.30. The summed E-state index contributed by atoms with van der Waals surface area (Å²) in [6, 6.07) is 17.3. The Morgan fingerprint density at radius 2 is 2.00 bits per heavy atom. The van der Waals surface area contributed by atoms with Crippen molar-refractivity contribution in [1.82, 2.24) is 15.1 Å². The number of anilines is 1. The fraction of sp³-hybridized carbons (Fsp3) is 0.227. The van der Waals surface area contributed by atoms with Gasteiger partial charge in [0, 0.05) is 31.3 Å². The number of hydrogen-bond donors (Lipinski definition) is 2. The van der Waals surface area contributed by atoms with Gasteiger partial charge in [-0.25, -0.2) is 4.68 Å². The molecule has 0 saturated carbocycles. The highest BCUT2D eigenvalue weighted by atomic mass is 16.5. The van der Waals surface area contributed by atoms with E-state index in [-0.39, 0.29) is 18.4 Å². The van der Waals surface area contributed by atoms with Crippen LogP contribution in [0.4, 0.5) is 5.69 Å². The molecule has 0 unspecified atom stereocenters. The van der Waals surface area contributed by atoms with Gasteiger partial charge in [0.1, 0.15) is 5.75 Å². The van der Waals surface area contributed by atoms with Crippen LogP contribution >= 0.6 is 0 Å². The second-order valence-electron chi connectivity index (χ2n) is 6.84. The molecule has 2 aromatic carbocycles. The molecular formula is C22H22N4O3. The Kier molecular flexibility index (Phi) is 5.56. The van der Waals surface area contributed by atoms with E-state index in [9.17, 15) is 9.59 Å². The van der Waals surface area contributed by atoms with E-state index in [4.69, 9.17) is 4.74 Å². The Morgan fingerprint density at radius 1 is 1.14 bits per heavy atom. The van der Waals surface area contributed by atoms with Crippen LogP contribution in [0.5, 0.6) is 5.75 Å². The van der Waals surface area contributed by atoms with Gasteiger partial charge in [0.05, 0.1) is 11.4 Å². The molecule has 3 aromatic rings. The van der Waals surface area contributed by atoms with Gasteiger partial charge in [-0.15, -0.1) is 0 Å². The van der Waals surface area contributed by atoms with Crippen LogP contribution in [0.15, 0.2) is 60.8 Å². The van der Waals surface area contributed by atoms with Crippen molar-refractivity contribution in [3.05, 3.63) is 72.1 Å². The van der Waals surface area contributed by atoms with Gasteiger partial charge in [0.25, 0.3) is 5.91 Å². The number of aryl methyl sites for hydroxylation is 1. The largest absolute Gasteiger partial charge is 0.484 e. The lowest BCUT2D eigenvalue weighted by molar-refractivity contribution is -0.123. The van der Waals surface area contributed by atoms with Gasteiger partial charge in [0.2, 0.25) is 5.91 Å². The molecule has 0 radical (unpaired) electrons. The van der Waals surface area contributed by atoms with Crippen molar-refractivity contribution in [3.8, 4) is 11.4 Å². The third kappa shape index (κ3) is 4.82. The molecule has 0 atom stereocenters. The Balaban J connectivity index is 1.22. The summed E-state index contributed by atoms with van der Waals surface area (Å²) >= 11 is 0. The van der Waals surface area contributed by atoms with Crippen LogP contribution in [-0.2, 0) is 22.4 Å². The van der Waals surface area contributed by atoms with E-state index in [0.29, 0.717) is 31.6 Å². The van der Waals surface area contributed by atoms with E-state index in [1.165, 1.54) is 0 Å². The van der Waals surface area contributed by atoms with E-state index >= 15 is 0 Å². The number of aromatic nitrogens is 2. The maximum atomic E-state index is 12.0. The van der Waals surface area contributed by atoms with E-state index in [1.54, 1.807) is 6.07 Å². The maximum absolute atomic E-state index is 12.0. The quantitative estimate of drug-likeness (QED) is 0.649. The second-order valence-corrected chi connectivity index (χ2v) is 6.84. The molecule has 2 heterocycles. The van der Waals surface area contributed by atoms with Crippen LogP contribution in [0.25, 0.3) is 5.69 Å². The third-order valence-corrected chi connectivity index (χ3v) is 4.71. The minimum absolute atomic E-state index is 0.0270. The normalized spacial score (nSPS) is 12.8. The SMILES string of the molecule is O=C(COc1ccc2c(c1)CCC(=O)N2)NCCc1ccn(-c2ccccc2)n1. The van der Waals surface area contributed by atoms with E-state index in [1.807, 2.05) is 59.4 Å². The van der Waals surface area contributed by atoms with Gasteiger partial charge in [0.15, 0.2) is 6.61 Å². The lowest BCUT2D eigenvalue weighted by atomic mass is 10.0. The number of hydrogen-bond acceptors (Lipinski definition) is 4. The molecule has 4 rings (SSSR count). The van der Waals surface area contributed by atoms with Crippen molar-refractivity contribution in [2.75, 3.05) is 18.5 Å². The first kappa shape index (κ1) is 18.7. The highest BCUT2D eigenvalue weighted by molar-refractivity contribution is 5.94.